The van der Waals surface area contributed by atoms with Gasteiger partial charge in [-0.25, -0.2) is 0 Å². The van der Waals surface area contributed by atoms with E-state index in [2.05, 4.69) is 42.2 Å². The molecule has 0 saturated carbocycles. The van der Waals surface area contributed by atoms with E-state index in [0.717, 1.165) is 6.42 Å². The van der Waals surface area contributed by atoms with Gasteiger partial charge in [0.15, 0.2) is 0 Å². The van der Waals surface area contributed by atoms with Gasteiger partial charge in [0.25, 0.3) is 0 Å². The molecule has 1 heterocycles. The lowest BCUT2D eigenvalue weighted by molar-refractivity contribution is 0.899. The average molecular weight is 225 g/mol. The van der Waals surface area contributed by atoms with E-state index in [0.29, 0.717) is 11.6 Å². The first-order chi connectivity index (χ1) is 7.83. The Bertz CT molecular complexity index is 592. The van der Waals surface area contributed by atoms with Gasteiger partial charge in [0.1, 0.15) is 0 Å². The second kappa shape index (κ2) is 3.70. The molecule has 3 rings (SSSR count). The van der Waals surface area contributed by atoms with Crippen LogP contribution in [0.1, 0.15) is 17.2 Å². The number of allylic oxidation sites excluding steroid dienone is 2. The summed E-state index contributed by atoms with van der Waals surface area (Å²) in [6, 6.07) is 10.7. The predicted molar refractivity (Wildman–Crippen MR) is 69.2 cm³/mol. The Labute approximate surface area is 98.6 Å². The van der Waals surface area contributed by atoms with Crippen molar-refractivity contribution in [3.05, 3.63) is 47.0 Å². The van der Waals surface area contributed by atoms with Crippen LogP contribution >= 0.6 is 11.3 Å². The Hall–Kier alpha value is -1.72. The van der Waals surface area contributed by atoms with Crippen LogP contribution in [0.2, 0.25) is 0 Å². The van der Waals surface area contributed by atoms with Crippen molar-refractivity contribution in [2.45, 2.75) is 12.3 Å². The number of hydrogen-bond acceptors (Lipinski definition) is 2. The van der Waals surface area contributed by atoms with Gasteiger partial charge in [-0.15, -0.1) is 11.3 Å². The minimum absolute atomic E-state index is 0.324. The topological polar surface area (TPSA) is 26.0 Å². The van der Waals surface area contributed by atoms with Crippen LogP contribution in [0.15, 0.2) is 42.1 Å². The van der Waals surface area contributed by atoms with E-state index in [-0.39, 0.29) is 0 Å². The van der Waals surface area contributed by atoms with Crippen LogP contribution in [0.5, 0.6) is 0 Å². The molecule has 0 spiro atoms. The zero-order valence-corrected chi connectivity index (χ0v) is 9.55. The lowest BCUT2D eigenvalue weighted by Crippen LogP contribution is -2.02. The molecule has 16 heavy (non-hydrogen) atoms. The Balaban J connectivity index is 2.01. The summed E-state index contributed by atoms with van der Waals surface area (Å²) in [6.45, 7) is 0. The van der Waals surface area contributed by atoms with Crippen LogP contribution in [0.3, 0.4) is 0 Å². The van der Waals surface area contributed by atoms with E-state index < -0.39 is 0 Å². The van der Waals surface area contributed by atoms with Crippen molar-refractivity contribution >= 4 is 21.4 Å². The van der Waals surface area contributed by atoms with Crippen molar-refractivity contribution in [1.29, 1.82) is 0 Å². The molecule has 2 heteroatoms. The molecular weight excluding hydrogens is 214 g/mol. The average Bonchev–Trinajstić information content (AvgIpc) is 2.73. The van der Waals surface area contributed by atoms with Crippen LogP contribution in [-0.2, 0) is 0 Å². The lowest BCUT2D eigenvalue weighted by Gasteiger charge is -2.08. The van der Waals surface area contributed by atoms with Crippen LogP contribution in [0.4, 0.5) is 0 Å². The standard InChI is InChI=1S/C14H11NS/c15-12-7-5-10(6-8-12)14-9-11-3-1-2-4-13(11)16-14/h1-4,7,9-10H,5,15H2. The molecule has 0 aliphatic heterocycles. The first-order valence-corrected chi connectivity index (χ1v) is 6.10. The molecule has 0 radical (unpaired) electrons. The van der Waals surface area contributed by atoms with Crippen molar-refractivity contribution in [1.82, 2.24) is 0 Å². The summed E-state index contributed by atoms with van der Waals surface area (Å²) in [5.74, 6) is 6.51. The Morgan fingerprint density at radius 3 is 2.94 bits per heavy atom. The molecule has 1 aromatic heterocycles. The van der Waals surface area contributed by atoms with Crippen molar-refractivity contribution < 1.29 is 0 Å². The fraction of sp³-hybridized carbons (Fsp3) is 0.143. The highest BCUT2D eigenvalue weighted by Crippen LogP contribution is 2.33. The number of thiophene rings is 1. The van der Waals surface area contributed by atoms with Gasteiger partial charge in [0, 0.05) is 9.58 Å². The molecule has 1 aromatic carbocycles. The summed E-state index contributed by atoms with van der Waals surface area (Å²) in [6.07, 6.45) is 2.96. The summed E-state index contributed by atoms with van der Waals surface area (Å²) < 4.78 is 1.34. The molecule has 0 fully saturated rings. The molecule has 0 saturated heterocycles. The molecule has 78 valence electrons. The molecule has 1 unspecified atom stereocenters. The number of benzene rings is 1. The van der Waals surface area contributed by atoms with E-state index in [4.69, 9.17) is 5.73 Å². The number of nitrogens with two attached hydrogens (primary N) is 1. The van der Waals surface area contributed by atoms with Gasteiger partial charge < -0.3 is 5.73 Å². The number of hydrogen-bond donors (Lipinski definition) is 1. The third-order valence-electron chi connectivity index (χ3n) is 2.75. The van der Waals surface area contributed by atoms with E-state index >= 15 is 0 Å². The molecule has 1 aliphatic carbocycles. The molecule has 2 N–H and O–H groups in total. The minimum atomic E-state index is 0.324. The van der Waals surface area contributed by atoms with Crippen LogP contribution in [0, 0.1) is 11.8 Å². The molecule has 1 aliphatic rings. The van der Waals surface area contributed by atoms with E-state index in [9.17, 15) is 0 Å². The highest BCUT2D eigenvalue weighted by Gasteiger charge is 2.13. The second-order valence-electron chi connectivity index (χ2n) is 3.90. The van der Waals surface area contributed by atoms with Gasteiger partial charge in [-0.05, 0) is 29.9 Å². The summed E-state index contributed by atoms with van der Waals surface area (Å²) in [4.78, 5) is 1.34. The number of rotatable bonds is 1. The van der Waals surface area contributed by atoms with Gasteiger partial charge >= 0.3 is 0 Å². The maximum absolute atomic E-state index is 5.64. The van der Waals surface area contributed by atoms with E-state index in [1.807, 2.05) is 17.4 Å². The highest BCUT2D eigenvalue weighted by atomic mass is 32.1. The first-order valence-electron chi connectivity index (χ1n) is 5.28. The first kappa shape index (κ1) is 9.50. The molecular formula is C14H11NS. The third kappa shape index (κ3) is 1.60. The van der Waals surface area contributed by atoms with Crippen molar-refractivity contribution in [2.75, 3.05) is 0 Å². The fourth-order valence-electron chi connectivity index (χ4n) is 1.89. The van der Waals surface area contributed by atoms with Crippen LogP contribution in [0.25, 0.3) is 10.1 Å². The van der Waals surface area contributed by atoms with Gasteiger partial charge in [-0.3, -0.25) is 0 Å². The molecule has 1 nitrogen and oxygen atoms in total. The van der Waals surface area contributed by atoms with Crippen molar-refractivity contribution in [3.8, 4) is 11.8 Å². The molecule has 1 atom stereocenters. The van der Waals surface area contributed by atoms with Crippen LogP contribution in [-0.4, -0.2) is 0 Å². The largest absolute Gasteiger partial charge is 0.392 e. The van der Waals surface area contributed by atoms with Gasteiger partial charge in [-0.2, -0.15) is 0 Å². The smallest absolute Gasteiger partial charge is 0.0787 e. The zero-order valence-electron chi connectivity index (χ0n) is 8.73. The Morgan fingerprint density at radius 2 is 2.19 bits per heavy atom. The van der Waals surface area contributed by atoms with Gasteiger partial charge in [-0.1, -0.05) is 30.2 Å². The summed E-state index contributed by atoms with van der Waals surface area (Å²) in [5.41, 5.74) is 6.35. The molecule has 0 bridgehead atoms. The second-order valence-corrected chi connectivity index (χ2v) is 5.02. The number of fused-ring (bicyclic) bond motifs is 1. The third-order valence-corrected chi connectivity index (χ3v) is 3.98. The maximum Gasteiger partial charge on any atom is 0.0787 e. The van der Waals surface area contributed by atoms with Crippen molar-refractivity contribution in [2.24, 2.45) is 5.73 Å². The Kier molecular flexibility index (Phi) is 2.19. The predicted octanol–water partition coefficient (Wildman–Crippen LogP) is 3.23. The van der Waals surface area contributed by atoms with Crippen molar-refractivity contribution in [3.63, 3.8) is 0 Å². The van der Waals surface area contributed by atoms with E-state index in [1.165, 1.54) is 15.0 Å². The highest BCUT2D eigenvalue weighted by molar-refractivity contribution is 7.19. The summed E-state index contributed by atoms with van der Waals surface area (Å²) in [7, 11) is 0. The quantitative estimate of drug-likeness (QED) is 0.741. The Morgan fingerprint density at radius 1 is 1.31 bits per heavy atom. The zero-order chi connectivity index (χ0) is 11.0. The fourth-order valence-corrected chi connectivity index (χ4v) is 3.02. The molecule has 0 amide bonds. The summed E-state index contributed by atoms with van der Waals surface area (Å²) in [5, 5.41) is 1.31. The monoisotopic (exact) mass is 225 g/mol. The molecule has 2 aromatic rings. The summed E-state index contributed by atoms with van der Waals surface area (Å²) >= 11 is 1.83. The van der Waals surface area contributed by atoms with E-state index in [1.54, 1.807) is 0 Å². The lowest BCUT2D eigenvalue weighted by atomic mass is 10.00. The van der Waals surface area contributed by atoms with Crippen LogP contribution < -0.4 is 5.73 Å². The maximum atomic E-state index is 5.64. The normalized spacial score (nSPS) is 19.0. The van der Waals surface area contributed by atoms with Gasteiger partial charge in [0.2, 0.25) is 0 Å². The minimum Gasteiger partial charge on any atom is -0.392 e. The van der Waals surface area contributed by atoms with Gasteiger partial charge in [0.05, 0.1) is 11.6 Å². The SMILES string of the molecule is NC1=CCC(c2cc3ccccc3s2)C#C1.